The summed E-state index contributed by atoms with van der Waals surface area (Å²) in [4.78, 5) is 25.3. The van der Waals surface area contributed by atoms with Crippen LogP contribution in [0.25, 0.3) is 10.8 Å². The molecular formula is C18H15ClO2. The number of fused-ring (bicyclic) bond motifs is 2. The van der Waals surface area contributed by atoms with Gasteiger partial charge in [0.1, 0.15) is 0 Å². The van der Waals surface area contributed by atoms with Crippen LogP contribution in [0.3, 0.4) is 0 Å². The number of carbonyl (C=O) groups is 2. The molecule has 2 aliphatic carbocycles. The Labute approximate surface area is 129 Å². The summed E-state index contributed by atoms with van der Waals surface area (Å²) in [7, 11) is 0. The second-order valence-electron chi connectivity index (χ2n) is 5.57. The van der Waals surface area contributed by atoms with Gasteiger partial charge in [0.25, 0.3) is 0 Å². The first kappa shape index (κ1) is 14.0. The molecular weight excluding hydrogens is 284 g/mol. The minimum Gasteiger partial charge on any atom is -0.289 e. The number of hydrogen-bond acceptors (Lipinski definition) is 2. The Morgan fingerprint density at radius 3 is 1.57 bits per heavy atom. The number of hydrogen-bond donors (Lipinski definition) is 0. The molecule has 3 heteroatoms. The van der Waals surface area contributed by atoms with Crippen LogP contribution < -0.4 is 0 Å². The van der Waals surface area contributed by atoms with Crippen molar-refractivity contribution in [1.82, 2.24) is 0 Å². The average Bonchev–Trinajstić information content (AvgIpc) is 2.51. The van der Waals surface area contributed by atoms with E-state index in [9.17, 15) is 9.59 Å². The maximum atomic E-state index is 12.6. The molecule has 0 fully saturated rings. The van der Waals surface area contributed by atoms with Crippen LogP contribution in [0.4, 0.5) is 0 Å². The smallest absolute Gasteiger partial charge is 0.190 e. The van der Waals surface area contributed by atoms with Crippen molar-refractivity contribution in [2.45, 2.75) is 25.7 Å². The SMILES string of the molecule is Cl.O=C1C2=C(CCCC2)C(=O)c2cc3ccccc3cc21. The van der Waals surface area contributed by atoms with Crippen LogP contribution >= 0.6 is 12.4 Å². The van der Waals surface area contributed by atoms with E-state index >= 15 is 0 Å². The lowest BCUT2D eigenvalue weighted by Gasteiger charge is -2.24. The number of Topliss-reactive ketones (excluding diaryl/α,β-unsaturated/α-hetero) is 2. The molecule has 0 saturated heterocycles. The minimum atomic E-state index is 0. The fourth-order valence-corrected chi connectivity index (χ4v) is 3.35. The summed E-state index contributed by atoms with van der Waals surface area (Å²) in [5, 5.41) is 2.04. The van der Waals surface area contributed by atoms with E-state index in [1.54, 1.807) is 0 Å². The van der Waals surface area contributed by atoms with Crippen molar-refractivity contribution in [2.75, 3.05) is 0 Å². The van der Waals surface area contributed by atoms with E-state index in [0.717, 1.165) is 47.6 Å². The van der Waals surface area contributed by atoms with Crippen LogP contribution in [-0.4, -0.2) is 11.6 Å². The fraction of sp³-hybridized carbons (Fsp3) is 0.222. The van der Waals surface area contributed by atoms with E-state index in [1.165, 1.54) is 0 Å². The van der Waals surface area contributed by atoms with E-state index in [0.29, 0.717) is 11.1 Å². The van der Waals surface area contributed by atoms with E-state index in [4.69, 9.17) is 0 Å². The van der Waals surface area contributed by atoms with Crippen LogP contribution in [-0.2, 0) is 0 Å². The molecule has 0 atom stereocenters. The molecule has 106 valence electrons. The van der Waals surface area contributed by atoms with E-state index in [1.807, 2.05) is 36.4 Å². The van der Waals surface area contributed by atoms with Crippen LogP contribution in [0.2, 0.25) is 0 Å². The standard InChI is InChI=1S/C18H14O2.ClH/c19-17-13-7-3-4-8-14(13)18(20)16-10-12-6-2-1-5-11(12)9-15(16)17;/h1-2,5-6,9-10H,3-4,7-8H2;1H. The first-order chi connectivity index (χ1) is 9.75. The molecule has 4 rings (SSSR count). The Bertz CT molecular complexity index is 735. The van der Waals surface area contributed by atoms with Gasteiger partial charge in [0, 0.05) is 22.3 Å². The lowest BCUT2D eigenvalue weighted by atomic mass is 9.77. The van der Waals surface area contributed by atoms with Gasteiger partial charge in [-0.05, 0) is 48.6 Å². The Morgan fingerprint density at radius 1 is 0.714 bits per heavy atom. The highest BCUT2D eigenvalue weighted by molar-refractivity contribution is 6.28. The molecule has 0 bridgehead atoms. The summed E-state index contributed by atoms with van der Waals surface area (Å²) in [6.07, 6.45) is 3.54. The van der Waals surface area contributed by atoms with Crippen molar-refractivity contribution in [3.8, 4) is 0 Å². The highest BCUT2D eigenvalue weighted by atomic mass is 35.5. The van der Waals surface area contributed by atoms with Gasteiger partial charge in [-0.15, -0.1) is 12.4 Å². The van der Waals surface area contributed by atoms with Crippen molar-refractivity contribution in [3.63, 3.8) is 0 Å². The highest BCUT2D eigenvalue weighted by Gasteiger charge is 2.33. The van der Waals surface area contributed by atoms with Gasteiger partial charge in [-0.25, -0.2) is 0 Å². The summed E-state index contributed by atoms with van der Waals surface area (Å²) in [5.41, 5.74) is 2.72. The van der Waals surface area contributed by atoms with Crippen molar-refractivity contribution < 1.29 is 9.59 Å². The van der Waals surface area contributed by atoms with Crippen molar-refractivity contribution in [2.24, 2.45) is 0 Å². The Morgan fingerprint density at radius 2 is 1.14 bits per heavy atom. The van der Waals surface area contributed by atoms with Gasteiger partial charge in [-0.1, -0.05) is 24.3 Å². The number of allylic oxidation sites excluding steroid dienone is 2. The summed E-state index contributed by atoms with van der Waals surface area (Å²) in [6, 6.07) is 11.6. The van der Waals surface area contributed by atoms with Gasteiger partial charge >= 0.3 is 0 Å². The second-order valence-corrected chi connectivity index (χ2v) is 5.57. The molecule has 0 spiro atoms. The number of rotatable bonds is 0. The van der Waals surface area contributed by atoms with Gasteiger partial charge in [0.05, 0.1) is 0 Å². The third-order valence-electron chi connectivity index (χ3n) is 4.39. The molecule has 0 amide bonds. The quantitative estimate of drug-likeness (QED) is 0.717. The van der Waals surface area contributed by atoms with Crippen molar-refractivity contribution in [1.29, 1.82) is 0 Å². The summed E-state index contributed by atoms with van der Waals surface area (Å²) >= 11 is 0. The topological polar surface area (TPSA) is 34.1 Å². The first-order valence-electron chi connectivity index (χ1n) is 7.10. The van der Waals surface area contributed by atoms with Crippen molar-refractivity contribution >= 4 is 34.7 Å². The normalized spacial score (nSPS) is 17.3. The van der Waals surface area contributed by atoms with E-state index in [2.05, 4.69) is 0 Å². The van der Waals surface area contributed by atoms with Crippen molar-refractivity contribution in [3.05, 3.63) is 58.7 Å². The Kier molecular flexibility index (Phi) is 3.42. The van der Waals surface area contributed by atoms with Gasteiger partial charge in [-0.3, -0.25) is 9.59 Å². The second kappa shape index (κ2) is 5.12. The zero-order chi connectivity index (χ0) is 13.7. The molecule has 2 aliphatic rings. The zero-order valence-corrected chi connectivity index (χ0v) is 12.3. The summed E-state index contributed by atoms with van der Waals surface area (Å²) < 4.78 is 0. The van der Waals surface area contributed by atoms with Crippen LogP contribution in [0.15, 0.2) is 47.5 Å². The molecule has 0 radical (unpaired) electrons. The third kappa shape index (κ3) is 2.02. The molecule has 21 heavy (non-hydrogen) atoms. The van der Waals surface area contributed by atoms with Gasteiger partial charge in [-0.2, -0.15) is 0 Å². The molecule has 0 N–H and O–H groups in total. The number of halogens is 1. The van der Waals surface area contributed by atoms with Crippen LogP contribution in [0, 0.1) is 0 Å². The molecule has 0 heterocycles. The predicted molar refractivity (Wildman–Crippen MR) is 85.4 cm³/mol. The zero-order valence-electron chi connectivity index (χ0n) is 11.5. The largest absolute Gasteiger partial charge is 0.289 e. The maximum absolute atomic E-state index is 12.6. The molecule has 2 aromatic rings. The summed E-state index contributed by atoms with van der Waals surface area (Å²) in [6.45, 7) is 0. The molecule has 0 unspecified atom stereocenters. The molecule has 2 nitrogen and oxygen atoms in total. The average molecular weight is 299 g/mol. The summed E-state index contributed by atoms with van der Waals surface area (Å²) in [5.74, 6) is 0.139. The van der Waals surface area contributed by atoms with Gasteiger partial charge in [0.15, 0.2) is 11.6 Å². The fourth-order valence-electron chi connectivity index (χ4n) is 3.35. The Hall–Kier alpha value is -1.93. The highest BCUT2D eigenvalue weighted by Crippen LogP contribution is 2.36. The lowest BCUT2D eigenvalue weighted by molar-refractivity contribution is 0.0965. The third-order valence-corrected chi connectivity index (χ3v) is 4.39. The van der Waals surface area contributed by atoms with Crippen LogP contribution in [0.5, 0.6) is 0 Å². The molecule has 0 aromatic heterocycles. The van der Waals surface area contributed by atoms with Gasteiger partial charge in [0.2, 0.25) is 0 Å². The Balaban J connectivity index is 0.00000132. The monoisotopic (exact) mass is 298 g/mol. The number of carbonyl (C=O) groups excluding carboxylic acids is 2. The van der Waals surface area contributed by atoms with E-state index < -0.39 is 0 Å². The molecule has 0 aliphatic heterocycles. The number of benzene rings is 2. The minimum absolute atomic E-state index is 0. The van der Waals surface area contributed by atoms with E-state index in [-0.39, 0.29) is 24.0 Å². The van der Waals surface area contributed by atoms with Gasteiger partial charge < -0.3 is 0 Å². The number of ketones is 2. The first-order valence-corrected chi connectivity index (χ1v) is 7.10. The lowest BCUT2D eigenvalue weighted by Crippen LogP contribution is -2.24. The molecule has 2 aromatic carbocycles. The predicted octanol–water partition coefficient (Wildman–Crippen LogP) is 4.51. The van der Waals surface area contributed by atoms with Crippen LogP contribution in [0.1, 0.15) is 46.4 Å². The molecule has 0 saturated carbocycles. The maximum Gasteiger partial charge on any atom is 0.190 e.